The van der Waals surface area contributed by atoms with Crippen LogP contribution < -0.4 is 5.32 Å². The molecule has 1 amide bonds. The van der Waals surface area contributed by atoms with Crippen molar-refractivity contribution in [3.8, 4) is 0 Å². The van der Waals surface area contributed by atoms with Gasteiger partial charge in [-0.1, -0.05) is 22.9 Å². The lowest BCUT2D eigenvalue weighted by atomic mass is 10.2. The average Bonchev–Trinajstić information content (AvgIpc) is 3.31. The summed E-state index contributed by atoms with van der Waals surface area (Å²) in [7, 11) is -3.48. The van der Waals surface area contributed by atoms with Gasteiger partial charge in [0.05, 0.1) is 15.1 Å². The molecule has 1 aromatic heterocycles. The molecule has 0 unspecified atom stereocenters. The Morgan fingerprint density at radius 1 is 1.11 bits per heavy atom. The first-order chi connectivity index (χ1) is 12.9. The first-order valence-electron chi connectivity index (χ1n) is 8.41. The van der Waals surface area contributed by atoms with Crippen LogP contribution in [0.4, 0.5) is 5.13 Å². The quantitative estimate of drug-likeness (QED) is 0.690. The van der Waals surface area contributed by atoms with E-state index in [4.69, 9.17) is 11.6 Å². The maximum absolute atomic E-state index is 12.7. The average molecular weight is 422 g/mol. The van der Waals surface area contributed by atoms with Crippen molar-refractivity contribution in [2.45, 2.75) is 17.7 Å². The van der Waals surface area contributed by atoms with Crippen LogP contribution in [0.3, 0.4) is 0 Å². The van der Waals surface area contributed by atoms with Gasteiger partial charge in [-0.2, -0.15) is 4.31 Å². The number of aromatic nitrogens is 1. The van der Waals surface area contributed by atoms with Gasteiger partial charge in [0, 0.05) is 23.7 Å². The Hall–Kier alpha value is -2.00. The molecule has 0 aliphatic carbocycles. The monoisotopic (exact) mass is 421 g/mol. The van der Waals surface area contributed by atoms with E-state index in [1.807, 2.05) is 0 Å². The second kappa shape index (κ2) is 7.20. The Labute approximate surface area is 165 Å². The molecule has 0 bridgehead atoms. The van der Waals surface area contributed by atoms with Gasteiger partial charge in [-0.3, -0.25) is 10.1 Å². The molecular weight excluding hydrogens is 406 g/mol. The van der Waals surface area contributed by atoms with Crippen molar-refractivity contribution in [1.82, 2.24) is 9.29 Å². The highest BCUT2D eigenvalue weighted by atomic mass is 35.5. The van der Waals surface area contributed by atoms with Crippen LogP contribution in [0.15, 0.2) is 47.4 Å². The number of fused-ring (bicyclic) bond motifs is 1. The molecule has 9 heteroatoms. The molecule has 0 radical (unpaired) electrons. The van der Waals surface area contributed by atoms with Crippen LogP contribution in [0.1, 0.15) is 23.2 Å². The number of nitrogens with one attached hydrogen (secondary N) is 1. The Morgan fingerprint density at radius 2 is 1.81 bits per heavy atom. The second-order valence-electron chi connectivity index (χ2n) is 6.22. The van der Waals surface area contributed by atoms with E-state index in [1.165, 1.54) is 15.6 Å². The van der Waals surface area contributed by atoms with Crippen molar-refractivity contribution < 1.29 is 13.2 Å². The highest BCUT2D eigenvalue weighted by Crippen LogP contribution is 2.30. The zero-order chi connectivity index (χ0) is 19.0. The Kier molecular flexibility index (Phi) is 4.90. The molecule has 0 saturated carbocycles. The number of sulfonamides is 1. The highest BCUT2D eigenvalue weighted by molar-refractivity contribution is 7.89. The molecule has 0 spiro atoms. The van der Waals surface area contributed by atoms with Gasteiger partial charge in [0.25, 0.3) is 5.91 Å². The van der Waals surface area contributed by atoms with E-state index in [-0.39, 0.29) is 10.8 Å². The smallest absolute Gasteiger partial charge is 0.257 e. The number of carbonyl (C=O) groups excluding carboxylic acids is 1. The number of hydrogen-bond acceptors (Lipinski definition) is 5. The molecule has 1 saturated heterocycles. The highest BCUT2D eigenvalue weighted by Gasteiger charge is 2.27. The zero-order valence-corrected chi connectivity index (χ0v) is 16.6. The summed E-state index contributed by atoms with van der Waals surface area (Å²) in [5, 5.41) is 3.72. The van der Waals surface area contributed by atoms with Gasteiger partial charge >= 0.3 is 0 Å². The van der Waals surface area contributed by atoms with Crippen molar-refractivity contribution in [3.05, 3.63) is 53.1 Å². The third-order valence-corrected chi connectivity index (χ3v) is 7.47. The fraction of sp³-hybridized carbons (Fsp3) is 0.222. The van der Waals surface area contributed by atoms with Crippen molar-refractivity contribution >= 4 is 54.2 Å². The third-order valence-electron chi connectivity index (χ3n) is 4.39. The van der Waals surface area contributed by atoms with Crippen molar-refractivity contribution in [2.24, 2.45) is 0 Å². The van der Waals surface area contributed by atoms with Crippen molar-refractivity contribution in [1.29, 1.82) is 0 Å². The fourth-order valence-electron chi connectivity index (χ4n) is 2.97. The van der Waals surface area contributed by atoms with Crippen molar-refractivity contribution in [2.75, 3.05) is 18.4 Å². The number of nitrogens with zero attached hydrogens (tertiary/aromatic N) is 2. The number of carbonyl (C=O) groups is 1. The molecule has 27 heavy (non-hydrogen) atoms. The minimum Gasteiger partial charge on any atom is -0.298 e. The molecule has 1 fully saturated rings. The topological polar surface area (TPSA) is 79.4 Å². The molecule has 4 rings (SSSR count). The van der Waals surface area contributed by atoms with E-state index in [9.17, 15) is 13.2 Å². The molecule has 3 aromatic rings. The summed E-state index contributed by atoms with van der Waals surface area (Å²) in [5.41, 5.74) is 1.11. The lowest BCUT2D eigenvalue weighted by Gasteiger charge is -2.15. The number of hydrogen-bond donors (Lipinski definition) is 1. The van der Waals surface area contributed by atoms with Crippen LogP contribution in [0.25, 0.3) is 10.2 Å². The summed E-state index contributed by atoms with van der Waals surface area (Å²) in [6.07, 6.45) is 1.78. The van der Waals surface area contributed by atoms with E-state index in [1.54, 1.807) is 42.5 Å². The molecule has 1 N–H and O–H groups in total. The van der Waals surface area contributed by atoms with Crippen LogP contribution in [0.5, 0.6) is 0 Å². The molecule has 6 nitrogen and oxygen atoms in total. The normalized spacial score (nSPS) is 15.3. The first-order valence-corrected chi connectivity index (χ1v) is 11.0. The van der Waals surface area contributed by atoms with Crippen LogP contribution in [0, 0.1) is 0 Å². The first kappa shape index (κ1) is 18.4. The van der Waals surface area contributed by atoms with Gasteiger partial charge in [0.15, 0.2) is 5.13 Å². The standard InChI is InChI=1S/C18H16ClN3O3S2/c19-13-5-3-12(4-6-13)17(23)21-18-20-15-8-7-14(11-16(15)26-18)27(24,25)22-9-1-2-10-22/h3-8,11H,1-2,9-10H2,(H,20,21,23). The molecular formula is C18H16ClN3O3S2. The van der Waals surface area contributed by atoms with Gasteiger partial charge < -0.3 is 0 Å². The lowest BCUT2D eigenvalue weighted by Crippen LogP contribution is -2.27. The molecule has 2 heterocycles. The largest absolute Gasteiger partial charge is 0.298 e. The minimum atomic E-state index is -3.48. The fourth-order valence-corrected chi connectivity index (χ4v) is 5.61. The minimum absolute atomic E-state index is 0.260. The summed E-state index contributed by atoms with van der Waals surface area (Å²) in [6, 6.07) is 11.4. The number of thiazole rings is 1. The van der Waals surface area contributed by atoms with Gasteiger partial charge in [-0.15, -0.1) is 0 Å². The number of anilines is 1. The number of amides is 1. The third kappa shape index (κ3) is 3.70. The summed E-state index contributed by atoms with van der Waals surface area (Å²) < 4.78 is 27.6. The van der Waals surface area contributed by atoms with E-state index in [0.29, 0.717) is 39.0 Å². The maximum atomic E-state index is 12.7. The molecule has 2 aromatic carbocycles. The molecule has 140 valence electrons. The number of halogens is 1. The SMILES string of the molecule is O=C(Nc1nc2ccc(S(=O)(=O)N3CCCC3)cc2s1)c1ccc(Cl)cc1. The van der Waals surface area contributed by atoms with E-state index < -0.39 is 10.0 Å². The maximum Gasteiger partial charge on any atom is 0.257 e. The van der Waals surface area contributed by atoms with E-state index >= 15 is 0 Å². The molecule has 1 aliphatic heterocycles. The second-order valence-corrected chi connectivity index (χ2v) is 9.63. The van der Waals surface area contributed by atoms with Crippen LogP contribution >= 0.6 is 22.9 Å². The van der Waals surface area contributed by atoms with Crippen LogP contribution in [0.2, 0.25) is 5.02 Å². The number of rotatable bonds is 4. The summed E-state index contributed by atoms with van der Waals surface area (Å²) in [5.74, 6) is -0.296. The summed E-state index contributed by atoms with van der Waals surface area (Å²) in [4.78, 5) is 16.9. The van der Waals surface area contributed by atoms with Crippen molar-refractivity contribution in [3.63, 3.8) is 0 Å². The van der Waals surface area contributed by atoms with E-state index in [2.05, 4.69) is 10.3 Å². The molecule has 0 atom stereocenters. The van der Waals surface area contributed by atoms with Gasteiger partial charge in [0.1, 0.15) is 0 Å². The van der Waals surface area contributed by atoms with Gasteiger partial charge in [-0.05, 0) is 55.3 Å². The Morgan fingerprint density at radius 3 is 2.52 bits per heavy atom. The Bertz CT molecular complexity index is 1100. The van der Waals surface area contributed by atoms with Crippen LogP contribution in [-0.2, 0) is 10.0 Å². The predicted molar refractivity (Wildman–Crippen MR) is 107 cm³/mol. The van der Waals surface area contributed by atoms with E-state index in [0.717, 1.165) is 12.8 Å². The lowest BCUT2D eigenvalue weighted by molar-refractivity contribution is 0.102. The summed E-state index contributed by atoms with van der Waals surface area (Å²) in [6.45, 7) is 1.12. The van der Waals surface area contributed by atoms with Crippen LogP contribution in [-0.4, -0.2) is 36.7 Å². The Balaban J connectivity index is 1.59. The summed E-state index contributed by atoms with van der Waals surface area (Å²) >= 11 is 7.08. The molecule has 1 aliphatic rings. The predicted octanol–water partition coefficient (Wildman–Crippen LogP) is 3.99. The number of benzene rings is 2. The van der Waals surface area contributed by atoms with Gasteiger partial charge in [-0.25, -0.2) is 13.4 Å². The van der Waals surface area contributed by atoms with Gasteiger partial charge in [0.2, 0.25) is 10.0 Å². The zero-order valence-electron chi connectivity index (χ0n) is 14.2.